The zero-order valence-corrected chi connectivity index (χ0v) is 6.15. The van der Waals surface area contributed by atoms with Crippen molar-refractivity contribution in [3.63, 3.8) is 0 Å². The van der Waals surface area contributed by atoms with Crippen LogP contribution in [0.5, 0.6) is 0 Å². The lowest BCUT2D eigenvalue weighted by Gasteiger charge is -2.07. The van der Waals surface area contributed by atoms with Crippen LogP contribution in [0.25, 0.3) is 0 Å². The van der Waals surface area contributed by atoms with E-state index < -0.39 is 11.7 Å². The average Bonchev–Trinajstić information content (AvgIpc) is 1.86. The van der Waals surface area contributed by atoms with Gasteiger partial charge < -0.3 is 0 Å². The van der Waals surface area contributed by atoms with E-state index in [1.807, 2.05) is 0 Å². The lowest BCUT2D eigenvalue weighted by atomic mass is 10.3. The molecule has 0 fully saturated rings. The Bertz CT molecular complexity index is 258. The van der Waals surface area contributed by atoms with Crippen molar-refractivity contribution < 1.29 is 13.2 Å². The Labute approximate surface area is 66.7 Å². The van der Waals surface area contributed by atoms with Gasteiger partial charge in [0.05, 0.1) is 5.56 Å². The van der Waals surface area contributed by atoms with Gasteiger partial charge in [-0.15, -0.1) is 12.6 Å². The van der Waals surface area contributed by atoms with Gasteiger partial charge in [0.15, 0.2) is 0 Å². The molecule has 1 aromatic rings. The number of aromatic nitrogens is 1. The molecule has 0 aliphatic carbocycles. The van der Waals surface area contributed by atoms with Gasteiger partial charge in [-0.05, 0) is 6.07 Å². The van der Waals surface area contributed by atoms with E-state index in [2.05, 4.69) is 17.6 Å². The summed E-state index contributed by atoms with van der Waals surface area (Å²) in [5.74, 6) is 0. The summed E-state index contributed by atoms with van der Waals surface area (Å²) >= 11 is 3.61. The Morgan fingerprint density at radius 2 is 2.00 bits per heavy atom. The number of nitrogens with zero attached hydrogens (tertiary/aromatic N) is 1. The first-order valence-corrected chi connectivity index (χ1v) is 3.16. The quantitative estimate of drug-likeness (QED) is 0.603. The molecule has 0 aliphatic rings. The summed E-state index contributed by atoms with van der Waals surface area (Å²) in [7, 11) is 0. The van der Waals surface area contributed by atoms with Gasteiger partial charge in [0, 0.05) is 17.3 Å². The molecule has 0 spiro atoms. The highest BCUT2D eigenvalue weighted by Crippen LogP contribution is 2.32. The molecule has 1 rings (SSSR count). The second-order valence-electron chi connectivity index (χ2n) is 1.89. The number of rotatable bonds is 0. The topological polar surface area (TPSA) is 12.9 Å². The SMILES string of the molecule is FC(F)(F)c1ccncc1S. The zero-order valence-electron chi connectivity index (χ0n) is 5.26. The Morgan fingerprint density at radius 3 is 2.36 bits per heavy atom. The van der Waals surface area contributed by atoms with Crippen molar-refractivity contribution in [2.24, 2.45) is 0 Å². The molecule has 60 valence electrons. The van der Waals surface area contributed by atoms with Crippen LogP contribution in [0.3, 0.4) is 0 Å². The molecule has 0 aliphatic heterocycles. The van der Waals surface area contributed by atoms with Gasteiger partial charge in [-0.3, -0.25) is 4.98 Å². The fourth-order valence-corrected chi connectivity index (χ4v) is 0.894. The van der Waals surface area contributed by atoms with Crippen molar-refractivity contribution in [1.82, 2.24) is 4.98 Å². The van der Waals surface area contributed by atoms with Gasteiger partial charge in [-0.25, -0.2) is 0 Å². The van der Waals surface area contributed by atoms with Gasteiger partial charge >= 0.3 is 6.18 Å². The predicted molar refractivity (Wildman–Crippen MR) is 36.5 cm³/mol. The van der Waals surface area contributed by atoms with Crippen molar-refractivity contribution in [2.75, 3.05) is 0 Å². The van der Waals surface area contributed by atoms with E-state index in [0.717, 1.165) is 18.5 Å². The summed E-state index contributed by atoms with van der Waals surface area (Å²) in [6.45, 7) is 0. The predicted octanol–water partition coefficient (Wildman–Crippen LogP) is 2.39. The summed E-state index contributed by atoms with van der Waals surface area (Å²) in [6.07, 6.45) is -2.19. The standard InChI is InChI=1S/C6H4F3NS/c7-6(8,9)4-1-2-10-3-5(4)11/h1-3,11H. The van der Waals surface area contributed by atoms with Gasteiger partial charge in [0.25, 0.3) is 0 Å². The highest BCUT2D eigenvalue weighted by Gasteiger charge is 2.32. The maximum Gasteiger partial charge on any atom is 0.417 e. The van der Waals surface area contributed by atoms with Gasteiger partial charge in [-0.1, -0.05) is 0 Å². The van der Waals surface area contributed by atoms with E-state index in [9.17, 15) is 13.2 Å². The van der Waals surface area contributed by atoms with E-state index in [1.54, 1.807) is 0 Å². The molecular formula is C6H4F3NS. The molecule has 0 N–H and O–H groups in total. The molecule has 0 atom stereocenters. The van der Waals surface area contributed by atoms with Crippen LogP contribution >= 0.6 is 12.6 Å². The second-order valence-corrected chi connectivity index (χ2v) is 2.37. The van der Waals surface area contributed by atoms with Crippen molar-refractivity contribution in [1.29, 1.82) is 0 Å². The van der Waals surface area contributed by atoms with E-state index in [1.165, 1.54) is 0 Å². The van der Waals surface area contributed by atoms with Crippen molar-refractivity contribution in [3.8, 4) is 0 Å². The number of pyridine rings is 1. The fraction of sp³-hybridized carbons (Fsp3) is 0.167. The monoisotopic (exact) mass is 179 g/mol. The lowest BCUT2D eigenvalue weighted by Crippen LogP contribution is -2.05. The Kier molecular flexibility index (Phi) is 2.08. The van der Waals surface area contributed by atoms with E-state index in [-0.39, 0.29) is 4.90 Å². The molecule has 1 heterocycles. The van der Waals surface area contributed by atoms with Crippen molar-refractivity contribution in [3.05, 3.63) is 24.0 Å². The molecule has 0 unspecified atom stereocenters. The van der Waals surface area contributed by atoms with E-state index >= 15 is 0 Å². The van der Waals surface area contributed by atoms with Crippen LogP contribution in [0.15, 0.2) is 23.4 Å². The third kappa shape index (κ3) is 1.86. The number of halogens is 3. The summed E-state index contributed by atoms with van der Waals surface area (Å²) in [6, 6.07) is 0.891. The molecule has 5 heteroatoms. The van der Waals surface area contributed by atoms with Crippen LogP contribution in [-0.4, -0.2) is 4.98 Å². The molecule has 0 radical (unpaired) electrons. The highest BCUT2D eigenvalue weighted by molar-refractivity contribution is 7.80. The smallest absolute Gasteiger partial charge is 0.264 e. The van der Waals surface area contributed by atoms with Gasteiger partial charge in [-0.2, -0.15) is 13.2 Å². The first kappa shape index (κ1) is 8.39. The lowest BCUT2D eigenvalue weighted by molar-refractivity contribution is -0.139. The zero-order chi connectivity index (χ0) is 8.48. The molecule has 1 aromatic heterocycles. The third-order valence-electron chi connectivity index (χ3n) is 1.11. The highest BCUT2D eigenvalue weighted by atomic mass is 32.1. The average molecular weight is 179 g/mol. The Morgan fingerprint density at radius 1 is 1.36 bits per heavy atom. The maximum absolute atomic E-state index is 12.0. The molecule has 11 heavy (non-hydrogen) atoms. The minimum Gasteiger partial charge on any atom is -0.264 e. The summed E-state index contributed by atoms with van der Waals surface area (Å²) < 4.78 is 35.9. The summed E-state index contributed by atoms with van der Waals surface area (Å²) in [5.41, 5.74) is -0.754. The normalized spacial score (nSPS) is 11.6. The number of alkyl halides is 3. The van der Waals surface area contributed by atoms with E-state index in [4.69, 9.17) is 0 Å². The van der Waals surface area contributed by atoms with Crippen LogP contribution in [0.4, 0.5) is 13.2 Å². The van der Waals surface area contributed by atoms with E-state index in [0.29, 0.717) is 0 Å². The molecule has 0 bridgehead atoms. The molecule has 0 aromatic carbocycles. The van der Waals surface area contributed by atoms with Crippen molar-refractivity contribution in [2.45, 2.75) is 11.1 Å². The van der Waals surface area contributed by atoms with Crippen LogP contribution in [0.2, 0.25) is 0 Å². The minimum absolute atomic E-state index is 0.153. The maximum atomic E-state index is 12.0. The van der Waals surface area contributed by atoms with Crippen LogP contribution in [0.1, 0.15) is 5.56 Å². The van der Waals surface area contributed by atoms with Crippen LogP contribution < -0.4 is 0 Å². The molecule has 0 saturated carbocycles. The molecule has 1 nitrogen and oxygen atoms in total. The molecule has 0 amide bonds. The van der Waals surface area contributed by atoms with Crippen LogP contribution in [0, 0.1) is 0 Å². The molecule has 0 saturated heterocycles. The summed E-state index contributed by atoms with van der Waals surface area (Å²) in [4.78, 5) is 3.33. The Hall–Kier alpha value is -0.710. The van der Waals surface area contributed by atoms with Gasteiger partial charge in [0.1, 0.15) is 0 Å². The molecular weight excluding hydrogens is 175 g/mol. The minimum atomic E-state index is -4.33. The largest absolute Gasteiger partial charge is 0.417 e. The first-order chi connectivity index (χ1) is 5.02. The number of hydrogen-bond acceptors (Lipinski definition) is 2. The second kappa shape index (κ2) is 2.73. The first-order valence-electron chi connectivity index (χ1n) is 2.72. The van der Waals surface area contributed by atoms with Gasteiger partial charge in [0.2, 0.25) is 0 Å². The third-order valence-corrected chi connectivity index (χ3v) is 1.46. The van der Waals surface area contributed by atoms with Crippen molar-refractivity contribution >= 4 is 12.6 Å². The number of thiol groups is 1. The fourth-order valence-electron chi connectivity index (χ4n) is 0.626. The summed E-state index contributed by atoms with van der Waals surface area (Å²) in [5, 5.41) is 0. The number of hydrogen-bond donors (Lipinski definition) is 1. The Balaban J connectivity index is 3.14. The van der Waals surface area contributed by atoms with Crippen LogP contribution in [-0.2, 0) is 6.18 Å².